The molecule has 2 heterocycles. The monoisotopic (exact) mass is 263 g/mol. The molecule has 0 saturated carbocycles. The lowest BCUT2D eigenvalue weighted by Gasteiger charge is -2.36. The van der Waals surface area contributed by atoms with E-state index in [0.29, 0.717) is 18.2 Å². The van der Waals surface area contributed by atoms with Crippen LogP contribution in [0.5, 0.6) is 0 Å². The average Bonchev–Trinajstić information content (AvgIpc) is 2.46. The summed E-state index contributed by atoms with van der Waals surface area (Å²) in [6.45, 7) is 7.09. The lowest BCUT2D eigenvalue weighted by molar-refractivity contribution is 0.0903. The average molecular weight is 263 g/mol. The summed E-state index contributed by atoms with van der Waals surface area (Å²) in [5.41, 5.74) is 0.507. The molecule has 6 nitrogen and oxygen atoms in total. The first-order valence-electron chi connectivity index (χ1n) is 6.62. The summed E-state index contributed by atoms with van der Waals surface area (Å²) in [6, 6.07) is 0.349. The molecule has 0 aliphatic carbocycles. The molecule has 1 aromatic rings. The molecule has 0 radical (unpaired) electrons. The van der Waals surface area contributed by atoms with Gasteiger partial charge >= 0.3 is 0 Å². The fourth-order valence-electron chi connectivity index (χ4n) is 2.15. The van der Waals surface area contributed by atoms with Gasteiger partial charge < -0.3 is 10.2 Å². The molecule has 1 fully saturated rings. The lowest BCUT2D eigenvalue weighted by Crippen LogP contribution is -2.51. The topological polar surface area (TPSA) is 61.4 Å². The molecule has 0 aromatic carbocycles. The molecule has 1 aromatic heterocycles. The minimum Gasteiger partial charge on any atom is -0.350 e. The van der Waals surface area contributed by atoms with Gasteiger partial charge in [-0.25, -0.2) is 9.97 Å². The van der Waals surface area contributed by atoms with E-state index in [1.54, 1.807) is 0 Å². The third kappa shape index (κ3) is 3.97. The minimum atomic E-state index is -0.110. The van der Waals surface area contributed by atoms with Gasteiger partial charge in [0.05, 0.1) is 5.56 Å². The Kier molecular flexibility index (Phi) is 4.81. The van der Waals surface area contributed by atoms with E-state index in [2.05, 4.69) is 39.1 Å². The first kappa shape index (κ1) is 13.9. The molecule has 1 aliphatic heterocycles. The number of nitrogens with one attached hydrogen (secondary N) is 1. The van der Waals surface area contributed by atoms with E-state index >= 15 is 0 Å². The van der Waals surface area contributed by atoms with Crippen molar-refractivity contribution in [3.05, 3.63) is 24.3 Å². The van der Waals surface area contributed by atoms with Gasteiger partial charge in [-0.15, -0.1) is 0 Å². The maximum Gasteiger partial charge on any atom is 0.254 e. The largest absolute Gasteiger partial charge is 0.350 e. The first-order chi connectivity index (χ1) is 9.16. The molecule has 1 atom stereocenters. The van der Waals surface area contributed by atoms with Gasteiger partial charge in [0.1, 0.15) is 6.33 Å². The second kappa shape index (κ2) is 6.58. The van der Waals surface area contributed by atoms with Crippen molar-refractivity contribution in [1.82, 2.24) is 25.1 Å². The van der Waals surface area contributed by atoms with Gasteiger partial charge in [-0.3, -0.25) is 9.69 Å². The van der Waals surface area contributed by atoms with Gasteiger partial charge in [-0.05, 0) is 14.0 Å². The highest BCUT2D eigenvalue weighted by molar-refractivity contribution is 5.93. The second-order valence-electron chi connectivity index (χ2n) is 5.03. The molecule has 19 heavy (non-hydrogen) atoms. The predicted octanol–water partition coefficient (Wildman–Crippen LogP) is -0.158. The van der Waals surface area contributed by atoms with Gasteiger partial charge in [0.15, 0.2) is 0 Å². The number of carbonyl (C=O) groups is 1. The van der Waals surface area contributed by atoms with Crippen molar-refractivity contribution in [2.75, 3.05) is 39.8 Å². The zero-order chi connectivity index (χ0) is 13.7. The quantitative estimate of drug-likeness (QED) is 0.818. The fourth-order valence-corrected chi connectivity index (χ4v) is 2.15. The summed E-state index contributed by atoms with van der Waals surface area (Å²) in [6.07, 6.45) is 4.48. The highest BCUT2D eigenvalue weighted by Gasteiger charge is 2.19. The third-order valence-corrected chi connectivity index (χ3v) is 3.54. The molecule has 0 spiro atoms. The summed E-state index contributed by atoms with van der Waals surface area (Å²) < 4.78 is 0. The van der Waals surface area contributed by atoms with Gasteiger partial charge in [0, 0.05) is 51.2 Å². The molecule has 1 saturated heterocycles. The van der Waals surface area contributed by atoms with Crippen molar-refractivity contribution in [3.63, 3.8) is 0 Å². The normalized spacial score (nSPS) is 19.1. The molecule has 1 aliphatic rings. The number of hydrogen-bond donors (Lipinski definition) is 1. The van der Waals surface area contributed by atoms with E-state index in [1.807, 2.05) is 0 Å². The van der Waals surface area contributed by atoms with Crippen LogP contribution in [0.2, 0.25) is 0 Å². The van der Waals surface area contributed by atoms with E-state index < -0.39 is 0 Å². The number of hydrogen-bond acceptors (Lipinski definition) is 5. The number of aromatic nitrogens is 2. The van der Waals surface area contributed by atoms with Crippen molar-refractivity contribution >= 4 is 5.91 Å². The van der Waals surface area contributed by atoms with E-state index in [9.17, 15) is 4.79 Å². The van der Waals surface area contributed by atoms with E-state index in [4.69, 9.17) is 0 Å². The first-order valence-corrected chi connectivity index (χ1v) is 6.62. The number of carbonyl (C=O) groups excluding carboxylic acids is 1. The molecule has 6 heteroatoms. The molecule has 2 rings (SSSR count). The van der Waals surface area contributed by atoms with Crippen LogP contribution in [-0.4, -0.2) is 71.5 Å². The number of nitrogens with zero attached hydrogens (tertiary/aromatic N) is 4. The Labute approximate surface area is 113 Å². The predicted molar refractivity (Wildman–Crippen MR) is 72.9 cm³/mol. The highest BCUT2D eigenvalue weighted by atomic mass is 16.1. The number of likely N-dealkylation sites (N-methyl/N-ethyl adjacent to an activating group) is 1. The standard InChI is InChI=1S/C13H21N5O/c1-11(18-5-3-17(2)4-6-18)7-16-13(19)12-8-14-10-15-9-12/h8-11H,3-7H2,1-2H3,(H,16,19). The Morgan fingerprint density at radius 2 is 1.95 bits per heavy atom. The molecule has 0 bridgehead atoms. The van der Waals surface area contributed by atoms with Crippen LogP contribution in [0.1, 0.15) is 17.3 Å². The second-order valence-corrected chi connectivity index (χ2v) is 5.03. The van der Waals surface area contributed by atoms with Crippen LogP contribution in [0.15, 0.2) is 18.7 Å². The van der Waals surface area contributed by atoms with E-state index in [0.717, 1.165) is 26.2 Å². The van der Waals surface area contributed by atoms with Crippen LogP contribution in [-0.2, 0) is 0 Å². The molecular formula is C13H21N5O. The summed E-state index contributed by atoms with van der Waals surface area (Å²) in [4.78, 5) is 24.3. The Hall–Kier alpha value is -1.53. The maximum atomic E-state index is 11.9. The Morgan fingerprint density at radius 1 is 1.32 bits per heavy atom. The van der Waals surface area contributed by atoms with Gasteiger partial charge in [0.2, 0.25) is 0 Å². The number of amides is 1. The summed E-state index contributed by atoms with van der Waals surface area (Å²) in [7, 11) is 2.14. The van der Waals surface area contributed by atoms with Crippen LogP contribution in [0.25, 0.3) is 0 Å². The van der Waals surface area contributed by atoms with Gasteiger partial charge in [-0.1, -0.05) is 0 Å². The third-order valence-electron chi connectivity index (χ3n) is 3.54. The molecule has 1 amide bonds. The summed E-state index contributed by atoms with van der Waals surface area (Å²) >= 11 is 0. The minimum absolute atomic E-state index is 0.110. The number of piperazine rings is 1. The zero-order valence-electron chi connectivity index (χ0n) is 11.5. The van der Waals surface area contributed by atoms with Crippen molar-refractivity contribution in [3.8, 4) is 0 Å². The zero-order valence-corrected chi connectivity index (χ0v) is 11.5. The van der Waals surface area contributed by atoms with Crippen molar-refractivity contribution in [1.29, 1.82) is 0 Å². The Morgan fingerprint density at radius 3 is 2.58 bits per heavy atom. The van der Waals surface area contributed by atoms with Crippen LogP contribution in [0, 0.1) is 0 Å². The van der Waals surface area contributed by atoms with Crippen LogP contribution >= 0.6 is 0 Å². The summed E-state index contributed by atoms with van der Waals surface area (Å²) in [5.74, 6) is -0.110. The van der Waals surface area contributed by atoms with E-state index in [1.165, 1.54) is 18.7 Å². The van der Waals surface area contributed by atoms with Crippen LogP contribution < -0.4 is 5.32 Å². The van der Waals surface area contributed by atoms with Gasteiger partial charge in [-0.2, -0.15) is 0 Å². The van der Waals surface area contributed by atoms with Crippen molar-refractivity contribution < 1.29 is 4.79 Å². The SMILES string of the molecule is CC(CNC(=O)c1cncnc1)N1CCN(C)CC1. The molecular weight excluding hydrogens is 242 g/mol. The van der Waals surface area contributed by atoms with E-state index in [-0.39, 0.29) is 5.91 Å². The van der Waals surface area contributed by atoms with Crippen LogP contribution in [0.4, 0.5) is 0 Å². The van der Waals surface area contributed by atoms with Gasteiger partial charge in [0.25, 0.3) is 5.91 Å². The fraction of sp³-hybridized carbons (Fsp3) is 0.615. The highest BCUT2D eigenvalue weighted by Crippen LogP contribution is 2.04. The Bertz CT molecular complexity index is 403. The smallest absolute Gasteiger partial charge is 0.254 e. The summed E-state index contributed by atoms with van der Waals surface area (Å²) in [5, 5.41) is 2.93. The van der Waals surface area contributed by atoms with Crippen molar-refractivity contribution in [2.24, 2.45) is 0 Å². The molecule has 104 valence electrons. The molecule has 1 unspecified atom stereocenters. The lowest BCUT2D eigenvalue weighted by atomic mass is 10.2. The molecule has 1 N–H and O–H groups in total. The maximum absolute atomic E-state index is 11.9. The Balaban J connectivity index is 1.77. The van der Waals surface area contributed by atoms with Crippen molar-refractivity contribution in [2.45, 2.75) is 13.0 Å². The number of rotatable bonds is 4. The van der Waals surface area contributed by atoms with Crippen LogP contribution in [0.3, 0.4) is 0 Å².